The molecular formula is C10H20N2O3. The van der Waals surface area contributed by atoms with Crippen LogP contribution in [0.5, 0.6) is 0 Å². The SMILES string of the molecule is CN(CC(N)CC(=O)O)C1CCOCC1. The number of nitrogens with two attached hydrogens (primary N) is 1. The highest BCUT2D eigenvalue weighted by molar-refractivity contribution is 5.67. The highest BCUT2D eigenvalue weighted by Gasteiger charge is 2.20. The van der Waals surface area contributed by atoms with Gasteiger partial charge in [0.05, 0.1) is 6.42 Å². The van der Waals surface area contributed by atoms with Crippen LogP contribution >= 0.6 is 0 Å². The second-order valence-corrected chi connectivity index (χ2v) is 4.14. The molecule has 1 aliphatic heterocycles. The van der Waals surface area contributed by atoms with E-state index in [0.29, 0.717) is 12.6 Å². The number of ether oxygens (including phenoxy) is 1. The van der Waals surface area contributed by atoms with Gasteiger partial charge >= 0.3 is 5.97 Å². The molecule has 0 amide bonds. The van der Waals surface area contributed by atoms with Crippen LogP contribution in [0.25, 0.3) is 0 Å². The Balaban J connectivity index is 2.26. The molecule has 15 heavy (non-hydrogen) atoms. The summed E-state index contributed by atoms with van der Waals surface area (Å²) >= 11 is 0. The molecule has 0 radical (unpaired) electrons. The molecule has 1 rings (SSSR count). The summed E-state index contributed by atoms with van der Waals surface area (Å²) in [6, 6.07) is 0.203. The third-order valence-electron chi connectivity index (χ3n) is 2.77. The molecule has 0 aliphatic carbocycles. The van der Waals surface area contributed by atoms with E-state index in [1.807, 2.05) is 7.05 Å². The Morgan fingerprint density at radius 2 is 2.20 bits per heavy atom. The first-order valence-electron chi connectivity index (χ1n) is 5.35. The van der Waals surface area contributed by atoms with Gasteiger partial charge in [-0.1, -0.05) is 0 Å². The van der Waals surface area contributed by atoms with E-state index in [1.165, 1.54) is 0 Å². The summed E-state index contributed by atoms with van der Waals surface area (Å²) in [7, 11) is 2.00. The lowest BCUT2D eigenvalue weighted by atomic mass is 10.1. The predicted octanol–water partition coefficient (Wildman–Crippen LogP) is -0.101. The van der Waals surface area contributed by atoms with Gasteiger partial charge in [-0.05, 0) is 19.9 Å². The van der Waals surface area contributed by atoms with Gasteiger partial charge in [-0.3, -0.25) is 4.79 Å². The normalized spacial score (nSPS) is 20.5. The van der Waals surface area contributed by atoms with Crippen molar-refractivity contribution < 1.29 is 14.6 Å². The van der Waals surface area contributed by atoms with Gasteiger partial charge in [-0.2, -0.15) is 0 Å². The minimum absolute atomic E-state index is 0.0353. The second-order valence-electron chi connectivity index (χ2n) is 4.14. The van der Waals surface area contributed by atoms with E-state index in [9.17, 15) is 4.79 Å². The average Bonchev–Trinajstić information content (AvgIpc) is 2.17. The highest BCUT2D eigenvalue weighted by atomic mass is 16.5. The zero-order chi connectivity index (χ0) is 11.3. The maximum Gasteiger partial charge on any atom is 0.304 e. The van der Waals surface area contributed by atoms with Gasteiger partial charge in [-0.25, -0.2) is 0 Å². The lowest BCUT2D eigenvalue weighted by molar-refractivity contribution is -0.137. The fraction of sp³-hybridized carbons (Fsp3) is 0.900. The second kappa shape index (κ2) is 6.05. The Morgan fingerprint density at radius 3 is 2.73 bits per heavy atom. The summed E-state index contributed by atoms with van der Waals surface area (Å²) in [4.78, 5) is 12.6. The summed E-state index contributed by atoms with van der Waals surface area (Å²) in [6.45, 7) is 2.23. The van der Waals surface area contributed by atoms with Crippen LogP contribution in [0.1, 0.15) is 19.3 Å². The van der Waals surface area contributed by atoms with Crippen LogP contribution in [0.2, 0.25) is 0 Å². The minimum atomic E-state index is -0.831. The Labute approximate surface area is 90.2 Å². The summed E-state index contributed by atoms with van der Waals surface area (Å²) < 4.78 is 5.27. The summed E-state index contributed by atoms with van der Waals surface area (Å²) in [6.07, 6.45) is 2.06. The maximum atomic E-state index is 10.4. The van der Waals surface area contributed by atoms with Crippen LogP contribution < -0.4 is 5.73 Å². The summed E-state index contributed by atoms with van der Waals surface area (Å²) in [5, 5.41) is 8.59. The predicted molar refractivity (Wildman–Crippen MR) is 56.7 cm³/mol. The van der Waals surface area contributed by atoms with Crippen LogP contribution in [0.15, 0.2) is 0 Å². The molecule has 3 N–H and O–H groups in total. The number of nitrogens with zero attached hydrogens (tertiary/aromatic N) is 1. The summed E-state index contributed by atoms with van der Waals surface area (Å²) in [5.74, 6) is -0.831. The smallest absolute Gasteiger partial charge is 0.304 e. The molecule has 5 heteroatoms. The van der Waals surface area contributed by atoms with E-state index < -0.39 is 5.97 Å². The molecule has 5 nitrogen and oxygen atoms in total. The first-order valence-corrected chi connectivity index (χ1v) is 5.35. The molecule has 0 saturated carbocycles. The maximum absolute atomic E-state index is 10.4. The van der Waals surface area contributed by atoms with Gasteiger partial charge in [0.25, 0.3) is 0 Å². The van der Waals surface area contributed by atoms with Gasteiger partial charge in [0.1, 0.15) is 0 Å². The van der Waals surface area contributed by atoms with Gasteiger partial charge in [0, 0.05) is 31.8 Å². The molecule has 1 atom stereocenters. The van der Waals surface area contributed by atoms with Crippen molar-refractivity contribution in [1.82, 2.24) is 4.90 Å². The standard InChI is InChI=1S/C10H20N2O3/c1-12(7-8(11)6-10(13)14)9-2-4-15-5-3-9/h8-9H,2-7,11H2,1H3,(H,13,14). The highest BCUT2D eigenvalue weighted by Crippen LogP contribution is 2.12. The quantitative estimate of drug-likeness (QED) is 0.671. The van der Waals surface area contributed by atoms with Gasteiger partial charge < -0.3 is 20.5 Å². The molecular weight excluding hydrogens is 196 g/mol. The van der Waals surface area contributed by atoms with Crippen molar-refractivity contribution in [2.45, 2.75) is 31.3 Å². The molecule has 0 bridgehead atoms. The molecule has 0 aromatic carbocycles. The van der Waals surface area contributed by atoms with E-state index in [2.05, 4.69) is 4.90 Å². The van der Waals surface area contributed by atoms with Crippen molar-refractivity contribution in [2.24, 2.45) is 5.73 Å². The molecule has 1 fully saturated rings. The van der Waals surface area contributed by atoms with Crippen LogP contribution in [0.3, 0.4) is 0 Å². The van der Waals surface area contributed by atoms with Crippen LogP contribution in [0, 0.1) is 0 Å². The van der Waals surface area contributed by atoms with Crippen molar-refractivity contribution >= 4 is 5.97 Å². The van der Waals surface area contributed by atoms with E-state index in [1.54, 1.807) is 0 Å². The van der Waals surface area contributed by atoms with Crippen molar-refractivity contribution in [3.8, 4) is 0 Å². The van der Waals surface area contributed by atoms with Crippen molar-refractivity contribution in [1.29, 1.82) is 0 Å². The van der Waals surface area contributed by atoms with Crippen LogP contribution in [-0.4, -0.2) is 54.9 Å². The number of carboxylic acid groups (broad SMARTS) is 1. The number of carboxylic acids is 1. The third-order valence-corrected chi connectivity index (χ3v) is 2.77. The van der Waals surface area contributed by atoms with Gasteiger partial charge in [-0.15, -0.1) is 0 Å². The topological polar surface area (TPSA) is 75.8 Å². The molecule has 1 saturated heterocycles. The lowest BCUT2D eigenvalue weighted by Crippen LogP contribution is -2.44. The zero-order valence-corrected chi connectivity index (χ0v) is 9.19. The van der Waals surface area contributed by atoms with E-state index in [4.69, 9.17) is 15.6 Å². The van der Waals surface area contributed by atoms with Crippen molar-refractivity contribution in [3.63, 3.8) is 0 Å². The Hall–Kier alpha value is -0.650. The fourth-order valence-corrected chi connectivity index (χ4v) is 1.93. The zero-order valence-electron chi connectivity index (χ0n) is 9.19. The number of aliphatic carboxylic acids is 1. The molecule has 0 aromatic heterocycles. The molecule has 0 aromatic rings. The molecule has 0 spiro atoms. The Morgan fingerprint density at radius 1 is 1.60 bits per heavy atom. The summed E-state index contributed by atoms with van der Waals surface area (Å²) in [5.41, 5.74) is 5.73. The largest absolute Gasteiger partial charge is 0.481 e. The van der Waals surface area contributed by atoms with Crippen LogP contribution in [-0.2, 0) is 9.53 Å². The van der Waals surface area contributed by atoms with Crippen molar-refractivity contribution in [3.05, 3.63) is 0 Å². The number of hydrogen-bond acceptors (Lipinski definition) is 4. The van der Waals surface area contributed by atoms with E-state index >= 15 is 0 Å². The first-order chi connectivity index (χ1) is 7.09. The third kappa shape index (κ3) is 4.59. The first kappa shape index (κ1) is 12.4. The fourth-order valence-electron chi connectivity index (χ4n) is 1.93. The number of likely N-dealkylation sites (N-methyl/N-ethyl adjacent to an activating group) is 1. The Kier molecular flexibility index (Phi) is 5.01. The molecule has 1 aliphatic rings. The number of carbonyl (C=O) groups is 1. The number of hydrogen-bond donors (Lipinski definition) is 2. The minimum Gasteiger partial charge on any atom is -0.481 e. The van der Waals surface area contributed by atoms with E-state index in [-0.39, 0.29) is 12.5 Å². The van der Waals surface area contributed by atoms with Gasteiger partial charge in [0.15, 0.2) is 0 Å². The van der Waals surface area contributed by atoms with Gasteiger partial charge in [0.2, 0.25) is 0 Å². The molecule has 1 unspecified atom stereocenters. The monoisotopic (exact) mass is 216 g/mol. The number of rotatable bonds is 5. The average molecular weight is 216 g/mol. The lowest BCUT2D eigenvalue weighted by Gasteiger charge is -2.32. The Bertz CT molecular complexity index is 205. The molecule has 88 valence electrons. The van der Waals surface area contributed by atoms with Crippen molar-refractivity contribution in [2.75, 3.05) is 26.8 Å². The van der Waals surface area contributed by atoms with Crippen LogP contribution in [0.4, 0.5) is 0 Å². The van der Waals surface area contributed by atoms with E-state index in [0.717, 1.165) is 26.1 Å². The molecule has 1 heterocycles.